The van der Waals surface area contributed by atoms with Gasteiger partial charge in [0.1, 0.15) is 0 Å². The van der Waals surface area contributed by atoms with E-state index in [4.69, 9.17) is 5.26 Å². The Bertz CT molecular complexity index is 407. The third kappa shape index (κ3) is 3.33. The van der Waals surface area contributed by atoms with Crippen LogP contribution in [0.25, 0.3) is 5.20 Å². The topological polar surface area (TPSA) is 23.8 Å². The first-order valence-electron chi connectivity index (χ1n) is 4.81. The number of hydrogen-bond acceptors (Lipinski definition) is 1. The predicted molar refractivity (Wildman–Crippen MR) is 71.1 cm³/mol. The Balaban J connectivity index is 3.19. The van der Waals surface area contributed by atoms with Crippen molar-refractivity contribution in [1.29, 1.82) is 5.26 Å². The minimum absolute atomic E-state index is 1.07. The molecule has 0 atom stereocenters. The van der Waals surface area contributed by atoms with E-state index in [1.54, 1.807) is 6.08 Å². The summed E-state index contributed by atoms with van der Waals surface area (Å²) in [5.74, 6) is 0. The zero-order valence-electron chi connectivity index (χ0n) is 9.21. The molecule has 0 saturated heterocycles. The number of nitriles is 1. The standard InChI is InChI=1S/C12H14BrNSi/c1-15(2,3)12(8-9-14)10-4-6-11(13)7-5-10/h4-8H,1-3H3/b12-8+. The fourth-order valence-corrected chi connectivity index (χ4v) is 3.22. The summed E-state index contributed by atoms with van der Waals surface area (Å²) in [7, 11) is -1.44. The molecule has 0 fully saturated rings. The van der Waals surface area contributed by atoms with E-state index in [1.807, 2.05) is 12.1 Å². The maximum absolute atomic E-state index is 8.80. The predicted octanol–water partition coefficient (Wildman–Crippen LogP) is 4.23. The molecule has 1 aromatic carbocycles. The number of hydrogen-bond donors (Lipinski definition) is 0. The Morgan fingerprint density at radius 2 is 1.80 bits per heavy atom. The number of allylic oxidation sites excluding steroid dienone is 1. The molecule has 0 aliphatic rings. The highest BCUT2D eigenvalue weighted by Crippen LogP contribution is 2.26. The largest absolute Gasteiger partial charge is 0.193 e. The minimum atomic E-state index is -1.44. The van der Waals surface area contributed by atoms with E-state index in [-0.39, 0.29) is 0 Å². The van der Waals surface area contributed by atoms with Crippen LogP contribution in [0.3, 0.4) is 0 Å². The van der Waals surface area contributed by atoms with Gasteiger partial charge in [0.2, 0.25) is 0 Å². The average molecular weight is 280 g/mol. The lowest BCUT2D eigenvalue weighted by atomic mass is 10.2. The van der Waals surface area contributed by atoms with Gasteiger partial charge < -0.3 is 0 Å². The zero-order chi connectivity index (χ0) is 11.5. The highest BCUT2D eigenvalue weighted by molar-refractivity contribution is 9.10. The van der Waals surface area contributed by atoms with Crippen molar-refractivity contribution in [3.05, 3.63) is 40.4 Å². The van der Waals surface area contributed by atoms with Gasteiger partial charge in [-0.1, -0.05) is 47.7 Å². The molecule has 3 heteroatoms. The van der Waals surface area contributed by atoms with Gasteiger partial charge in [0.25, 0.3) is 0 Å². The van der Waals surface area contributed by atoms with Crippen LogP contribution in [-0.4, -0.2) is 8.07 Å². The van der Waals surface area contributed by atoms with Gasteiger partial charge in [-0.15, -0.1) is 0 Å². The summed E-state index contributed by atoms with van der Waals surface area (Å²) in [6, 6.07) is 10.3. The summed E-state index contributed by atoms with van der Waals surface area (Å²) in [5, 5.41) is 10.0. The van der Waals surface area contributed by atoms with Gasteiger partial charge in [-0.05, 0) is 22.9 Å². The molecule has 1 nitrogen and oxygen atoms in total. The molecule has 0 N–H and O–H groups in total. The maximum Gasteiger partial charge on any atom is 0.0911 e. The van der Waals surface area contributed by atoms with Crippen molar-refractivity contribution < 1.29 is 0 Å². The lowest BCUT2D eigenvalue weighted by Gasteiger charge is -2.20. The van der Waals surface area contributed by atoms with Crippen molar-refractivity contribution >= 4 is 29.2 Å². The molecular formula is C12H14BrNSi. The van der Waals surface area contributed by atoms with Crippen LogP contribution >= 0.6 is 15.9 Å². The number of benzene rings is 1. The fourth-order valence-electron chi connectivity index (χ4n) is 1.43. The summed E-state index contributed by atoms with van der Waals surface area (Å²) in [6.45, 7) is 6.74. The van der Waals surface area contributed by atoms with Crippen molar-refractivity contribution in [2.45, 2.75) is 19.6 Å². The first-order valence-corrected chi connectivity index (χ1v) is 9.10. The Labute approximate surface area is 101 Å². The Morgan fingerprint density at radius 1 is 1.27 bits per heavy atom. The first-order chi connectivity index (χ1) is 6.95. The maximum atomic E-state index is 8.80. The van der Waals surface area contributed by atoms with E-state index in [0.717, 1.165) is 4.47 Å². The molecule has 0 heterocycles. The van der Waals surface area contributed by atoms with Gasteiger partial charge in [-0.25, -0.2) is 0 Å². The molecule has 0 amide bonds. The smallest absolute Gasteiger partial charge is 0.0911 e. The van der Waals surface area contributed by atoms with Crippen molar-refractivity contribution in [3.8, 4) is 6.07 Å². The second kappa shape index (κ2) is 4.78. The lowest BCUT2D eigenvalue weighted by molar-refractivity contribution is 1.53. The summed E-state index contributed by atoms with van der Waals surface area (Å²) < 4.78 is 1.07. The molecule has 0 aliphatic heterocycles. The molecule has 78 valence electrons. The highest BCUT2D eigenvalue weighted by Gasteiger charge is 2.20. The molecule has 15 heavy (non-hydrogen) atoms. The Hall–Kier alpha value is -0.853. The molecule has 0 saturated carbocycles. The Kier molecular flexibility index (Phi) is 3.89. The zero-order valence-corrected chi connectivity index (χ0v) is 11.8. The van der Waals surface area contributed by atoms with E-state index in [1.165, 1.54) is 10.8 Å². The Morgan fingerprint density at radius 3 is 2.20 bits per heavy atom. The normalized spacial score (nSPS) is 12.3. The third-order valence-electron chi connectivity index (χ3n) is 2.17. The fraction of sp³-hybridized carbons (Fsp3) is 0.250. The van der Waals surface area contributed by atoms with Gasteiger partial charge in [0, 0.05) is 10.5 Å². The second-order valence-corrected chi connectivity index (χ2v) is 10.4. The van der Waals surface area contributed by atoms with E-state index < -0.39 is 8.07 Å². The third-order valence-corrected chi connectivity index (χ3v) is 4.75. The quantitative estimate of drug-likeness (QED) is 0.587. The van der Waals surface area contributed by atoms with Crippen LogP contribution in [-0.2, 0) is 0 Å². The molecule has 1 aromatic rings. The van der Waals surface area contributed by atoms with Crippen molar-refractivity contribution in [2.24, 2.45) is 0 Å². The summed E-state index contributed by atoms with van der Waals surface area (Å²) >= 11 is 3.41. The number of nitrogens with zero attached hydrogens (tertiary/aromatic N) is 1. The van der Waals surface area contributed by atoms with Crippen molar-refractivity contribution in [3.63, 3.8) is 0 Å². The van der Waals surface area contributed by atoms with Gasteiger partial charge >= 0.3 is 0 Å². The average Bonchev–Trinajstić information content (AvgIpc) is 2.14. The van der Waals surface area contributed by atoms with Gasteiger partial charge in [0.15, 0.2) is 0 Å². The van der Waals surface area contributed by atoms with E-state index in [2.05, 4.69) is 53.8 Å². The second-order valence-electron chi connectivity index (χ2n) is 4.44. The van der Waals surface area contributed by atoms with Crippen LogP contribution in [0.15, 0.2) is 34.8 Å². The van der Waals surface area contributed by atoms with Crippen LogP contribution in [0.1, 0.15) is 5.56 Å². The molecule has 0 aromatic heterocycles. The van der Waals surface area contributed by atoms with Crippen molar-refractivity contribution in [2.75, 3.05) is 0 Å². The summed E-state index contributed by atoms with van der Waals surface area (Å²) in [6.07, 6.45) is 1.69. The van der Waals surface area contributed by atoms with E-state index >= 15 is 0 Å². The van der Waals surface area contributed by atoms with Crippen LogP contribution in [0.4, 0.5) is 0 Å². The molecule has 0 radical (unpaired) electrons. The first kappa shape index (κ1) is 12.2. The van der Waals surface area contributed by atoms with E-state index in [9.17, 15) is 0 Å². The van der Waals surface area contributed by atoms with Crippen LogP contribution < -0.4 is 0 Å². The molecule has 0 spiro atoms. The number of halogens is 1. The monoisotopic (exact) mass is 279 g/mol. The summed E-state index contributed by atoms with van der Waals surface area (Å²) in [5.41, 5.74) is 1.17. The van der Waals surface area contributed by atoms with E-state index in [0.29, 0.717) is 0 Å². The molecule has 0 bridgehead atoms. The highest BCUT2D eigenvalue weighted by atomic mass is 79.9. The molecule has 0 unspecified atom stereocenters. The van der Waals surface area contributed by atoms with Crippen LogP contribution in [0, 0.1) is 11.3 Å². The summed E-state index contributed by atoms with van der Waals surface area (Å²) in [4.78, 5) is 0. The minimum Gasteiger partial charge on any atom is -0.193 e. The molecule has 0 aliphatic carbocycles. The molecule has 1 rings (SSSR count). The van der Waals surface area contributed by atoms with Gasteiger partial charge in [-0.2, -0.15) is 5.26 Å². The number of rotatable bonds is 2. The van der Waals surface area contributed by atoms with Gasteiger partial charge in [0.05, 0.1) is 14.1 Å². The van der Waals surface area contributed by atoms with Crippen molar-refractivity contribution in [1.82, 2.24) is 0 Å². The van der Waals surface area contributed by atoms with Crippen LogP contribution in [0.2, 0.25) is 19.6 Å². The van der Waals surface area contributed by atoms with Crippen LogP contribution in [0.5, 0.6) is 0 Å². The molecular weight excluding hydrogens is 266 g/mol. The lowest BCUT2D eigenvalue weighted by Crippen LogP contribution is -2.22. The van der Waals surface area contributed by atoms with Gasteiger partial charge in [-0.3, -0.25) is 0 Å². The SMILES string of the molecule is C[Si](C)(C)/C(=C/C#N)c1ccc(Br)cc1.